The molecule has 0 unspecified atom stereocenters. The van der Waals surface area contributed by atoms with E-state index in [1.807, 2.05) is 18.3 Å². The fraction of sp³-hybridized carbons (Fsp3) is 0.562. The van der Waals surface area contributed by atoms with Gasteiger partial charge >= 0.3 is 0 Å². The molecule has 1 N–H and O–H groups in total. The summed E-state index contributed by atoms with van der Waals surface area (Å²) in [5.41, 5.74) is 1.19. The Labute approximate surface area is 126 Å². The van der Waals surface area contributed by atoms with Crippen molar-refractivity contribution in [1.29, 1.82) is 0 Å². The molecule has 4 heteroatoms. The lowest BCUT2D eigenvalue weighted by atomic mass is 9.91. The summed E-state index contributed by atoms with van der Waals surface area (Å²) in [5, 5.41) is 5.67. The quantitative estimate of drug-likeness (QED) is 0.860. The number of rotatable bonds is 6. The lowest BCUT2D eigenvalue weighted by molar-refractivity contribution is 0.519. The maximum atomic E-state index is 4.60. The molecule has 0 aromatic carbocycles. The van der Waals surface area contributed by atoms with Crippen LogP contribution in [-0.2, 0) is 12.0 Å². The maximum absolute atomic E-state index is 4.60. The van der Waals surface area contributed by atoms with Gasteiger partial charge in [0.15, 0.2) is 0 Å². The molecule has 3 nitrogen and oxygen atoms in total. The highest BCUT2D eigenvalue weighted by atomic mass is 32.1. The molecule has 0 spiro atoms. The van der Waals surface area contributed by atoms with Gasteiger partial charge < -0.3 is 9.88 Å². The van der Waals surface area contributed by atoms with Gasteiger partial charge in [0.1, 0.15) is 0 Å². The zero-order valence-electron chi connectivity index (χ0n) is 13.1. The summed E-state index contributed by atoms with van der Waals surface area (Å²) in [6, 6.07) is 4.32. The average Bonchev–Trinajstić information content (AvgIpc) is 2.96. The van der Waals surface area contributed by atoms with Crippen LogP contribution in [0.15, 0.2) is 23.7 Å². The van der Waals surface area contributed by atoms with E-state index >= 15 is 0 Å². The van der Waals surface area contributed by atoms with Gasteiger partial charge in [0, 0.05) is 29.6 Å². The zero-order chi connectivity index (χ0) is 14.8. The largest absolute Gasteiger partial charge is 0.355 e. The number of aryl methyl sites for hydroxylation is 1. The molecule has 2 aromatic heterocycles. The second-order valence-electron chi connectivity index (χ2n) is 6.47. The van der Waals surface area contributed by atoms with Gasteiger partial charge in [-0.25, -0.2) is 4.98 Å². The monoisotopic (exact) mass is 291 g/mol. The third-order valence-corrected chi connectivity index (χ3v) is 4.57. The molecule has 0 saturated heterocycles. The second-order valence-corrected chi connectivity index (χ2v) is 7.41. The number of aromatic nitrogens is 2. The lowest BCUT2D eigenvalue weighted by Gasteiger charge is -2.24. The maximum Gasteiger partial charge on any atom is 0.203 e. The molecule has 2 heterocycles. The van der Waals surface area contributed by atoms with Crippen molar-refractivity contribution < 1.29 is 0 Å². The van der Waals surface area contributed by atoms with Crippen LogP contribution in [-0.4, -0.2) is 16.1 Å². The first kappa shape index (κ1) is 15.1. The first-order chi connectivity index (χ1) is 9.38. The number of nitrogens with zero attached hydrogens (tertiary/aromatic N) is 2. The topological polar surface area (TPSA) is 29.9 Å². The summed E-state index contributed by atoms with van der Waals surface area (Å²) < 4.78 is 2.23. The molecule has 0 aliphatic carbocycles. The van der Waals surface area contributed by atoms with Crippen LogP contribution in [0, 0.1) is 12.8 Å². The van der Waals surface area contributed by atoms with E-state index in [1.165, 1.54) is 4.88 Å². The molecule has 0 atom stereocenters. The van der Waals surface area contributed by atoms with Gasteiger partial charge in [-0.15, -0.1) is 11.3 Å². The Kier molecular flexibility index (Phi) is 4.53. The smallest absolute Gasteiger partial charge is 0.203 e. The van der Waals surface area contributed by atoms with Crippen molar-refractivity contribution in [3.63, 3.8) is 0 Å². The van der Waals surface area contributed by atoms with Crippen LogP contribution in [0.3, 0.4) is 0 Å². The molecular weight excluding hydrogens is 266 g/mol. The van der Waals surface area contributed by atoms with Gasteiger partial charge in [0.25, 0.3) is 0 Å². The molecule has 20 heavy (non-hydrogen) atoms. The van der Waals surface area contributed by atoms with E-state index in [0.717, 1.165) is 24.7 Å². The average molecular weight is 291 g/mol. The van der Waals surface area contributed by atoms with Crippen LogP contribution in [0.1, 0.15) is 38.3 Å². The normalized spacial score (nSPS) is 12.1. The number of nitrogens with one attached hydrogen (secondary N) is 1. The van der Waals surface area contributed by atoms with Crippen molar-refractivity contribution in [1.82, 2.24) is 9.55 Å². The van der Waals surface area contributed by atoms with Gasteiger partial charge in [-0.05, 0) is 24.3 Å². The van der Waals surface area contributed by atoms with Crippen molar-refractivity contribution >= 4 is 17.3 Å². The van der Waals surface area contributed by atoms with Crippen molar-refractivity contribution in [3.05, 3.63) is 34.3 Å². The van der Waals surface area contributed by atoms with E-state index in [1.54, 1.807) is 0 Å². The van der Waals surface area contributed by atoms with E-state index in [4.69, 9.17) is 0 Å². The van der Waals surface area contributed by atoms with Crippen LogP contribution < -0.4 is 5.32 Å². The third-order valence-electron chi connectivity index (χ3n) is 3.34. The Hall–Kier alpha value is -1.29. The van der Waals surface area contributed by atoms with Crippen molar-refractivity contribution in [2.24, 2.45) is 5.92 Å². The first-order valence-electron chi connectivity index (χ1n) is 7.20. The van der Waals surface area contributed by atoms with E-state index in [9.17, 15) is 0 Å². The Bertz CT molecular complexity index is 538. The lowest BCUT2D eigenvalue weighted by Crippen LogP contribution is -2.27. The molecule has 0 fully saturated rings. The number of hydrogen-bond acceptors (Lipinski definition) is 3. The van der Waals surface area contributed by atoms with E-state index in [2.05, 4.69) is 66.3 Å². The van der Waals surface area contributed by atoms with Crippen molar-refractivity contribution in [3.8, 4) is 0 Å². The summed E-state index contributed by atoms with van der Waals surface area (Å²) in [4.78, 5) is 6.01. The minimum atomic E-state index is 0.122. The zero-order valence-corrected chi connectivity index (χ0v) is 13.9. The van der Waals surface area contributed by atoms with Crippen LogP contribution >= 0.6 is 11.3 Å². The predicted octanol–water partition coefficient (Wildman–Crippen LogP) is 4.30. The summed E-state index contributed by atoms with van der Waals surface area (Å²) in [7, 11) is 0. The van der Waals surface area contributed by atoms with Crippen LogP contribution in [0.25, 0.3) is 0 Å². The second kappa shape index (κ2) is 6.00. The highest BCUT2D eigenvalue weighted by Gasteiger charge is 2.22. The van der Waals surface area contributed by atoms with Crippen molar-refractivity contribution in [2.75, 3.05) is 11.9 Å². The molecule has 0 radical (unpaired) electrons. The molecule has 0 aliphatic heterocycles. The SMILES string of the molecule is Cc1cn(CC(C)C)c(NCC(C)(C)c2cccs2)n1. The number of thiophene rings is 1. The van der Waals surface area contributed by atoms with E-state index in [0.29, 0.717) is 5.92 Å². The molecule has 110 valence electrons. The fourth-order valence-electron chi connectivity index (χ4n) is 2.27. The predicted molar refractivity (Wildman–Crippen MR) is 87.6 cm³/mol. The van der Waals surface area contributed by atoms with Crippen LogP contribution in [0.2, 0.25) is 0 Å². The summed E-state index contributed by atoms with van der Waals surface area (Å²) in [6.07, 6.45) is 2.13. The minimum Gasteiger partial charge on any atom is -0.355 e. The molecule has 2 aromatic rings. The van der Waals surface area contributed by atoms with Gasteiger partial charge in [-0.3, -0.25) is 0 Å². The van der Waals surface area contributed by atoms with Crippen LogP contribution in [0.4, 0.5) is 5.95 Å². The van der Waals surface area contributed by atoms with Crippen LogP contribution in [0.5, 0.6) is 0 Å². The summed E-state index contributed by atoms with van der Waals surface area (Å²) >= 11 is 1.82. The minimum absolute atomic E-state index is 0.122. The number of anilines is 1. The standard InChI is InChI=1S/C16H25N3S/c1-12(2)9-19-10-13(3)18-15(19)17-11-16(4,5)14-7-6-8-20-14/h6-8,10,12H,9,11H2,1-5H3,(H,17,18). The van der Waals surface area contributed by atoms with Gasteiger partial charge in [-0.2, -0.15) is 0 Å². The van der Waals surface area contributed by atoms with Gasteiger partial charge in [0.2, 0.25) is 5.95 Å². The number of hydrogen-bond donors (Lipinski definition) is 1. The number of imidazole rings is 1. The third kappa shape index (κ3) is 3.63. The summed E-state index contributed by atoms with van der Waals surface area (Å²) in [5.74, 6) is 1.61. The Balaban J connectivity index is 2.07. The summed E-state index contributed by atoms with van der Waals surface area (Å²) in [6.45, 7) is 12.9. The first-order valence-corrected chi connectivity index (χ1v) is 8.08. The van der Waals surface area contributed by atoms with Crippen molar-refractivity contribution in [2.45, 2.75) is 46.6 Å². The van der Waals surface area contributed by atoms with Gasteiger partial charge in [0.05, 0.1) is 5.69 Å². The Morgan fingerprint density at radius 1 is 1.40 bits per heavy atom. The van der Waals surface area contributed by atoms with Gasteiger partial charge in [-0.1, -0.05) is 33.8 Å². The molecule has 2 rings (SSSR count). The molecule has 0 bridgehead atoms. The molecular formula is C16H25N3S. The molecule has 0 amide bonds. The molecule has 0 saturated carbocycles. The highest BCUT2D eigenvalue weighted by molar-refractivity contribution is 7.10. The fourth-order valence-corrected chi connectivity index (χ4v) is 3.12. The Morgan fingerprint density at radius 2 is 2.15 bits per heavy atom. The molecule has 0 aliphatic rings. The van der Waals surface area contributed by atoms with E-state index in [-0.39, 0.29) is 5.41 Å². The Morgan fingerprint density at radius 3 is 2.75 bits per heavy atom. The highest BCUT2D eigenvalue weighted by Crippen LogP contribution is 2.27. The van der Waals surface area contributed by atoms with E-state index < -0.39 is 0 Å².